The van der Waals surface area contributed by atoms with Crippen molar-refractivity contribution in [3.05, 3.63) is 48.1 Å². The maximum absolute atomic E-state index is 13.5. The summed E-state index contributed by atoms with van der Waals surface area (Å²) in [6, 6.07) is 0. The number of methoxy groups -OCH3 is 1. The summed E-state index contributed by atoms with van der Waals surface area (Å²) in [7, 11) is 1.65. The van der Waals surface area contributed by atoms with Crippen molar-refractivity contribution in [3.63, 3.8) is 0 Å². The van der Waals surface area contributed by atoms with Crippen LogP contribution >= 0.6 is 0 Å². The fourth-order valence-electron chi connectivity index (χ4n) is 1.41. The van der Waals surface area contributed by atoms with Crippen LogP contribution in [-0.2, 0) is 11.3 Å². The summed E-state index contributed by atoms with van der Waals surface area (Å²) in [6.07, 6.45) is 6.91. The summed E-state index contributed by atoms with van der Waals surface area (Å²) in [5.74, 6) is -0.312. The normalized spacial score (nSPS) is 12.9. The van der Waals surface area contributed by atoms with E-state index >= 15 is 0 Å². The van der Waals surface area contributed by atoms with Gasteiger partial charge in [-0.2, -0.15) is 5.10 Å². The molecule has 0 aliphatic heterocycles. The van der Waals surface area contributed by atoms with Crippen molar-refractivity contribution in [3.8, 4) is 0 Å². The van der Waals surface area contributed by atoms with Crippen LogP contribution in [0.3, 0.4) is 0 Å². The molecule has 0 spiro atoms. The maximum atomic E-state index is 13.5. The van der Waals surface area contributed by atoms with Crippen molar-refractivity contribution < 1.29 is 9.13 Å². The number of rotatable bonds is 6. The molecule has 0 unspecified atom stereocenters. The van der Waals surface area contributed by atoms with Gasteiger partial charge < -0.3 is 4.74 Å². The van der Waals surface area contributed by atoms with Crippen LogP contribution in [0, 0.1) is 0 Å². The third-order valence-electron chi connectivity index (χ3n) is 2.49. The first-order valence-electron chi connectivity index (χ1n) is 5.79. The molecular formula is C14H19FN2O. The van der Waals surface area contributed by atoms with Gasteiger partial charge in [0.15, 0.2) is 0 Å². The van der Waals surface area contributed by atoms with Crippen molar-refractivity contribution in [1.29, 1.82) is 0 Å². The molecule has 1 aromatic rings. The third-order valence-corrected chi connectivity index (χ3v) is 2.49. The van der Waals surface area contributed by atoms with E-state index in [1.165, 1.54) is 6.08 Å². The van der Waals surface area contributed by atoms with Gasteiger partial charge in [0.25, 0.3) is 0 Å². The van der Waals surface area contributed by atoms with Gasteiger partial charge in [0.05, 0.1) is 19.3 Å². The zero-order chi connectivity index (χ0) is 13.5. The SMILES string of the molecule is C=C(C)/C(F)=C\C(=C/C)c1cnn(CCOC)c1. The van der Waals surface area contributed by atoms with Crippen LogP contribution in [0.25, 0.3) is 5.57 Å². The number of aromatic nitrogens is 2. The number of hydrogen-bond donors (Lipinski definition) is 0. The minimum Gasteiger partial charge on any atom is -0.383 e. The van der Waals surface area contributed by atoms with Gasteiger partial charge in [-0.3, -0.25) is 4.68 Å². The van der Waals surface area contributed by atoms with Crippen molar-refractivity contribution in [2.75, 3.05) is 13.7 Å². The summed E-state index contributed by atoms with van der Waals surface area (Å²) < 4.78 is 20.3. The third kappa shape index (κ3) is 3.96. The molecule has 0 saturated carbocycles. The molecule has 0 N–H and O–H groups in total. The molecule has 0 saturated heterocycles. The van der Waals surface area contributed by atoms with Gasteiger partial charge in [0.2, 0.25) is 0 Å². The van der Waals surface area contributed by atoms with E-state index in [9.17, 15) is 4.39 Å². The van der Waals surface area contributed by atoms with Gasteiger partial charge in [-0.15, -0.1) is 0 Å². The average Bonchev–Trinajstić information content (AvgIpc) is 2.81. The van der Waals surface area contributed by atoms with Gasteiger partial charge in [-0.1, -0.05) is 12.7 Å². The number of hydrogen-bond acceptors (Lipinski definition) is 2. The van der Waals surface area contributed by atoms with E-state index in [-0.39, 0.29) is 5.83 Å². The van der Waals surface area contributed by atoms with Crippen LogP contribution in [-0.4, -0.2) is 23.5 Å². The molecule has 18 heavy (non-hydrogen) atoms. The smallest absolute Gasteiger partial charge is 0.126 e. The topological polar surface area (TPSA) is 27.1 Å². The zero-order valence-electron chi connectivity index (χ0n) is 11.1. The first kappa shape index (κ1) is 14.4. The first-order chi connectivity index (χ1) is 8.58. The van der Waals surface area contributed by atoms with Crippen LogP contribution in [0.4, 0.5) is 4.39 Å². The molecule has 4 heteroatoms. The Kier molecular flexibility index (Phi) is 5.52. The van der Waals surface area contributed by atoms with Crippen molar-refractivity contribution in [2.45, 2.75) is 20.4 Å². The van der Waals surface area contributed by atoms with Gasteiger partial charge in [-0.05, 0) is 31.1 Å². The Morgan fingerprint density at radius 1 is 1.61 bits per heavy atom. The predicted octanol–water partition coefficient (Wildman–Crippen LogP) is 3.36. The Morgan fingerprint density at radius 2 is 2.33 bits per heavy atom. The highest BCUT2D eigenvalue weighted by molar-refractivity contribution is 5.74. The fourth-order valence-corrected chi connectivity index (χ4v) is 1.41. The summed E-state index contributed by atoms with van der Waals surface area (Å²) in [4.78, 5) is 0. The van der Waals surface area contributed by atoms with Gasteiger partial charge in [0, 0.05) is 18.9 Å². The maximum Gasteiger partial charge on any atom is 0.126 e. The predicted molar refractivity (Wildman–Crippen MR) is 71.8 cm³/mol. The summed E-state index contributed by atoms with van der Waals surface area (Å²) in [5.41, 5.74) is 2.09. The van der Waals surface area contributed by atoms with E-state index in [0.29, 0.717) is 18.7 Å². The largest absolute Gasteiger partial charge is 0.383 e. The molecule has 1 heterocycles. The standard InChI is InChI=1S/C14H19FN2O/c1-5-12(8-14(15)11(2)3)13-9-16-17(10-13)6-7-18-4/h5,8-10H,2,6-7H2,1,3-4H3/b12-5+,14-8+. The summed E-state index contributed by atoms with van der Waals surface area (Å²) in [5, 5.41) is 4.20. The quantitative estimate of drug-likeness (QED) is 0.724. The molecule has 0 atom stereocenters. The molecule has 0 radical (unpaired) electrons. The molecular weight excluding hydrogens is 231 g/mol. The van der Waals surface area contributed by atoms with Gasteiger partial charge in [-0.25, -0.2) is 4.39 Å². The van der Waals surface area contributed by atoms with E-state index in [0.717, 1.165) is 11.1 Å². The molecule has 3 nitrogen and oxygen atoms in total. The fraction of sp³-hybridized carbons (Fsp3) is 0.357. The van der Waals surface area contributed by atoms with E-state index < -0.39 is 0 Å². The molecule has 0 amide bonds. The Bertz CT molecular complexity index is 472. The minimum atomic E-state index is -0.312. The summed E-state index contributed by atoms with van der Waals surface area (Å²) >= 11 is 0. The molecule has 0 fully saturated rings. The number of ether oxygens (including phenoxy) is 1. The number of allylic oxidation sites excluding steroid dienone is 5. The molecule has 0 bridgehead atoms. The van der Waals surface area contributed by atoms with Crippen LogP contribution in [0.5, 0.6) is 0 Å². The Labute approximate surface area is 107 Å². The molecule has 1 rings (SSSR count). The van der Waals surface area contributed by atoms with Crippen LogP contribution in [0.1, 0.15) is 19.4 Å². The summed E-state index contributed by atoms with van der Waals surface area (Å²) in [6.45, 7) is 8.36. The molecule has 1 aromatic heterocycles. The second kappa shape index (κ2) is 6.91. The van der Waals surface area contributed by atoms with Crippen LogP contribution < -0.4 is 0 Å². The van der Waals surface area contributed by atoms with Gasteiger partial charge in [0.1, 0.15) is 5.83 Å². The second-order valence-electron chi connectivity index (χ2n) is 4.00. The first-order valence-corrected chi connectivity index (χ1v) is 5.79. The Balaban J connectivity index is 2.87. The highest BCUT2D eigenvalue weighted by Crippen LogP contribution is 2.20. The molecule has 98 valence electrons. The van der Waals surface area contributed by atoms with E-state index in [1.807, 2.05) is 19.2 Å². The molecule has 0 aliphatic rings. The lowest BCUT2D eigenvalue weighted by atomic mass is 10.1. The average molecular weight is 250 g/mol. The lowest BCUT2D eigenvalue weighted by Crippen LogP contribution is -2.03. The Morgan fingerprint density at radius 3 is 2.89 bits per heavy atom. The lowest BCUT2D eigenvalue weighted by Gasteiger charge is -2.00. The zero-order valence-corrected chi connectivity index (χ0v) is 11.1. The highest BCUT2D eigenvalue weighted by atomic mass is 19.1. The lowest BCUT2D eigenvalue weighted by molar-refractivity contribution is 0.183. The van der Waals surface area contributed by atoms with Gasteiger partial charge >= 0.3 is 0 Å². The van der Waals surface area contributed by atoms with Crippen LogP contribution in [0.2, 0.25) is 0 Å². The second-order valence-corrected chi connectivity index (χ2v) is 4.00. The van der Waals surface area contributed by atoms with Crippen molar-refractivity contribution >= 4 is 5.57 Å². The highest BCUT2D eigenvalue weighted by Gasteiger charge is 2.04. The van der Waals surface area contributed by atoms with Crippen molar-refractivity contribution in [1.82, 2.24) is 9.78 Å². The number of halogens is 1. The Hall–Kier alpha value is -1.68. The monoisotopic (exact) mass is 250 g/mol. The van der Waals surface area contributed by atoms with Crippen LogP contribution in [0.15, 0.2) is 42.5 Å². The van der Waals surface area contributed by atoms with E-state index in [4.69, 9.17) is 4.74 Å². The minimum absolute atomic E-state index is 0.312. The van der Waals surface area contributed by atoms with Crippen molar-refractivity contribution in [2.24, 2.45) is 0 Å². The van der Waals surface area contributed by atoms with E-state index in [2.05, 4.69) is 11.7 Å². The molecule has 0 aromatic carbocycles. The molecule has 0 aliphatic carbocycles. The number of nitrogens with zero attached hydrogens (tertiary/aromatic N) is 2. The van der Waals surface area contributed by atoms with E-state index in [1.54, 1.807) is 24.9 Å².